The van der Waals surface area contributed by atoms with Crippen LogP contribution in [-0.2, 0) is 13.1 Å². The molecule has 3 nitrogen and oxygen atoms in total. The van der Waals surface area contributed by atoms with Crippen molar-refractivity contribution in [2.45, 2.75) is 26.9 Å². The molecule has 108 valence electrons. The van der Waals surface area contributed by atoms with E-state index in [1.165, 1.54) is 12.1 Å². The largest absolute Gasteiger partial charge is 0.311 e. The third kappa shape index (κ3) is 4.05. The van der Waals surface area contributed by atoms with Crippen LogP contribution in [0, 0.1) is 11.7 Å². The van der Waals surface area contributed by atoms with Gasteiger partial charge in [0.2, 0.25) is 0 Å². The number of hydrogen-bond donors (Lipinski definition) is 1. The molecule has 2 aromatic rings. The molecule has 1 N–H and O–H groups in total. The van der Waals surface area contributed by atoms with E-state index in [1.54, 1.807) is 12.3 Å². The first-order valence-corrected chi connectivity index (χ1v) is 7.09. The van der Waals surface area contributed by atoms with Crippen LogP contribution in [0.25, 0.3) is 0 Å². The van der Waals surface area contributed by atoms with E-state index in [1.807, 2.05) is 10.7 Å². The first kappa shape index (κ1) is 15.0. The van der Waals surface area contributed by atoms with Gasteiger partial charge in [0.15, 0.2) is 0 Å². The molecule has 0 fully saturated rings. The van der Waals surface area contributed by atoms with E-state index in [4.69, 9.17) is 11.6 Å². The Hall–Kier alpha value is -1.39. The van der Waals surface area contributed by atoms with E-state index in [-0.39, 0.29) is 5.82 Å². The quantitative estimate of drug-likeness (QED) is 0.884. The van der Waals surface area contributed by atoms with Crippen molar-refractivity contribution < 1.29 is 4.39 Å². The van der Waals surface area contributed by atoms with Crippen molar-refractivity contribution in [1.29, 1.82) is 0 Å². The molecule has 0 radical (unpaired) electrons. The summed E-state index contributed by atoms with van der Waals surface area (Å²) in [7, 11) is 0. The molecule has 0 saturated heterocycles. The zero-order valence-electron chi connectivity index (χ0n) is 11.7. The van der Waals surface area contributed by atoms with Crippen molar-refractivity contribution >= 4 is 11.6 Å². The molecule has 5 heteroatoms. The molecule has 0 unspecified atom stereocenters. The highest BCUT2D eigenvalue weighted by molar-refractivity contribution is 6.31. The smallest absolute Gasteiger partial charge is 0.124 e. The van der Waals surface area contributed by atoms with E-state index in [0.29, 0.717) is 17.5 Å². The Morgan fingerprint density at radius 1 is 1.35 bits per heavy atom. The fraction of sp³-hybridized carbons (Fsp3) is 0.400. The molecule has 1 heterocycles. The van der Waals surface area contributed by atoms with Gasteiger partial charge in [-0.1, -0.05) is 31.5 Å². The van der Waals surface area contributed by atoms with Gasteiger partial charge < -0.3 is 5.32 Å². The van der Waals surface area contributed by atoms with Gasteiger partial charge in [0.1, 0.15) is 5.82 Å². The topological polar surface area (TPSA) is 29.9 Å². The monoisotopic (exact) mass is 295 g/mol. The predicted octanol–water partition coefficient (Wildman–Crippen LogP) is 3.47. The van der Waals surface area contributed by atoms with Crippen LogP contribution in [0.3, 0.4) is 0 Å². The summed E-state index contributed by atoms with van der Waals surface area (Å²) in [5, 5.41) is 8.11. The maximum Gasteiger partial charge on any atom is 0.124 e. The second-order valence-electron chi connectivity index (χ2n) is 5.24. The third-order valence-electron chi connectivity index (χ3n) is 3.00. The second kappa shape index (κ2) is 6.86. The normalized spacial score (nSPS) is 11.2. The van der Waals surface area contributed by atoms with Gasteiger partial charge in [-0.2, -0.15) is 5.10 Å². The molecular formula is C15H19ClFN3. The lowest BCUT2D eigenvalue weighted by atomic mass is 10.2. The Labute approximate surface area is 123 Å². The molecule has 0 aliphatic rings. The van der Waals surface area contributed by atoms with Crippen LogP contribution >= 0.6 is 11.6 Å². The average Bonchev–Trinajstić information content (AvgIpc) is 2.80. The summed E-state index contributed by atoms with van der Waals surface area (Å²) in [6.07, 6.45) is 1.77. The summed E-state index contributed by atoms with van der Waals surface area (Å²) in [5.74, 6) is 0.288. The molecule has 2 rings (SSSR count). The molecule has 0 aliphatic carbocycles. The minimum atomic E-state index is -0.321. The number of halogens is 2. The second-order valence-corrected chi connectivity index (χ2v) is 5.65. The maximum atomic E-state index is 13.0. The summed E-state index contributed by atoms with van der Waals surface area (Å²) >= 11 is 6.05. The van der Waals surface area contributed by atoms with Crippen LogP contribution in [0.2, 0.25) is 5.02 Å². The van der Waals surface area contributed by atoms with Crippen LogP contribution < -0.4 is 5.32 Å². The summed E-state index contributed by atoms with van der Waals surface area (Å²) in [6, 6.07) is 6.42. The van der Waals surface area contributed by atoms with Crippen molar-refractivity contribution in [3.05, 3.63) is 52.6 Å². The molecule has 0 bridgehead atoms. The number of nitrogens with zero attached hydrogens (tertiary/aromatic N) is 2. The number of aromatic nitrogens is 2. The SMILES string of the molecule is CC(C)CNCc1ccnn1Cc1ccc(F)cc1Cl. The van der Waals surface area contributed by atoms with Crippen molar-refractivity contribution in [3.8, 4) is 0 Å². The van der Waals surface area contributed by atoms with Crippen LogP contribution in [0.5, 0.6) is 0 Å². The van der Waals surface area contributed by atoms with E-state index >= 15 is 0 Å². The van der Waals surface area contributed by atoms with E-state index < -0.39 is 0 Å². The van der Waals surface area contributed by atoms with Crippen molar-refractivity contribution in [1.82, 2.24) is 15.1 Å². The lowest BCUT2D eigenvalue weighted by Crippen LogP contribution is -2.21. The number of nitrogens with one attached hydrogen (secondary N) is 1. The zero-order valence-corrected chi connectivity index (χ0v) is 12.5. The number of rotatable bonds is 6. The van der Waals surface area contributed by atoms with Crippen molar-refractivity contribution in [3.63, 3.8) is 0 Å². The summed E-state index contributed by atoms with van der Waals surface area (Å²) < 4.78 is 14.9. The van der Waals surface area contributed by atoms with E-state index in [2.05, 4.69) is 24.3 Å². The molecule has 1 aromatic carbocycles. The first-order chi connectivity index (χ1) is 9.56. The lowest BCUT2D eigenvalue weighted by Gasteiger charge is -2.11. The summed E-state index contributed by atoms with van der Waals surface area (Å²) in [6.45, 7) is 6.61. The molecule has 0 atom stereocenters. The fourth-order valence-corrected chi connectivity index (χ4v) is 2.18. The van der Waals surface area contributed by atoms with Gasteiger partial charge >= 0.3 is 0 Å². The highest BCUT2D eigenvalue weighted by atomic mass is 35.5. The molecule has 20 heavy (non-hydrogen) atoms. The lowest BCUT2D eigenvalue weighted by molar-refractivity contribution is 0.529. The van der Waals surface area contributed by atoms with Gasteiger partial charge in [-0.25, -0.2) is 4.39 Å². The Kier molecular flexibility index (Phi) is 5.15. The predicted molar refractivity (Wildman–Crippen MR) is 79.3 cm³/mol. The molecule has 1 aromatic heterocycles. The third-order valence-corrected chi connectivity index (χ3v) is 3.35. The standard InChI is InChI=1S/C15H19ClFN3/c1-11(2)8-18-9-14-5-6-19-20(14)10-12-3-4-13(17)7-15(12)16/h3-7,11,18H,8-10H2,1-2H3. The van der Waals surface area contributed by atoms with Crippen molar-refractivity contribution in [2.75, 3.05) is 6.54 Å². The maximum absolute atomic E-state index is 13.0. The van der Waals surface area contributed by atoms with Crippen LogP contribution in [0.4, 0.5) is 4.39 Å². The van der Waals surface area contributed by atoms with Crippen molar-refractivity contribution in [2.24, 2.45) is 5.92 Å². The molecule has 0 spiro atoms. The highest BCUT2D eigenvalue weighted by Gasteiger charge is 2.07. The minimum absolute atomic E-state index is 0.321. The van der Waals surface area contributed by atoms with Crippen LogP contribution in [0.15, 0.2) is 30.5 Å². The van der Waals surface area contributed by atoms with Gasteiger partial charge in [0, 0.05) is 17.8 Å². The Balaban J connectivity index is 2.04. The van der Waals surface area contributed by atoms with E-state index in [0.717, 1.165) is 24.3 Å². The number of hydrogen-bond acceptors (Lipinski definition) is 2. The Morgan fingerprint density at radius 2 is 2.15 bits per heavy atom. The minimum Gasteiger partial charge on any atom is -0.311 e. The van der Waals surface area contributed by atoms with Gasteiger partial charge in [0.25, 0.3) is 0 Å². The van der Waals surface area contributed by atoms with Gasteiger partial charge in [-0.15, -0.1) is 0 Å². The Morgan fingerprint density at radius 3 is 2.85 bits per heavy atom. The fourth-order valence-electron chi connectivity index (χ4n) is 1.95. The summed E-state index contributed by atoms with van der Waals surface area (Å²) in [4.78, 5) is 0. The molecule has 0 amide bonds. The molecule has 0 aliphatic heterocycles. The molecule has 0 saturated carbocycles. The van der Waals surface area contributed by atoms with E-state index in [9.17, 15) is 4.39 Å². The summed E-state index contributed by atoms with van der Waals surface area (Å²) in [5.41, 5.74) is 1.95. The Bertz CT molecular complexity index is 566. The van der Waals surface area contributed by atoms with Gasteiger partial charge in [-0.3, -0.25) is 4.68 Å². The van der Waals surface area contributed by atoms with Gasteiger partial charge in [-0.05, 0) is 36.2 Å². The average molecular weight is 296 g/mol. The van der Waals surface area contributed by atoms with Crippen LogP contribution in [-0.4, -0.2) is 16.3 Å². The molecular weight excluding hydrogens is 277 g/mol. The highest BCUT2D eigenvalue weighted by Crippen LogP contribution is 2.18. The number of benzene rings is 1. The zero-order chi connectivity index (χ0) is 14.5. The van der Waals surface area contributed by atoms with Gasteiger partial charge in [0.05, 0.1) is 12.2 Å². The first-order valence-electron chi connectivity index (χ1n) is 6.71. The van der Waals surface area contributed by atoms with Crippen LogP contribution in [0.1, 0.15) is 25.1 Å².